The first-order chi connectivity index (χ1) is 10.4. The third kappa shape index (κ3) is 2.55. The summed E-state index contributed by atoms with van der Waals surface area (Å²) in [4.78, 5) is 0.250. The van der Waals surface area contributed by atoms with E-state index in [9.17, 15) is 17.9 Å². The number of hydrogen-bond donors (Lipinski definition) is 1. The SMILES string of the molecule is Cc1ccc(S(=O)(=O)C2C(CO)C2c2cccc(F)c2)cc1. The third-order valence-electron chi connectivity index (χ3n) is 4.25. The fourth-order valence-electron chi connectivity index (χ4n) is 3.02. The highest BCUT2D eigenvalue weighted by atomic mass is 32.2. The van der Waals surface area contributed by atoms with Gasteiger partial charge in [0.05, 0.1) is 10.1 Å². The molecule has 0 radical (unpaired) electrons. The number of halogens is 1. The van der Waals surface area contributed by atoms with Crippen molar-refractivity contribution in [2.24, 2.45) is 5.92 Å². The van der Waals surface area contributed by atoms with Crippen molar-refractivity contribution in [1.82, 2.24) is 0 Å². The number of rotatable bonds is 4. The van der Waals surface area contributed by atoms with E-state index >= 15 is 0 Å². The predicted octanol–water partition coefficient (Wildman–Crippen LogP) is 2.68. The summed E-state index contributed by atoms with van der Waals surface area (Å²) in [6.07, 6.45) is 0. The Morgan fingerprint density at radius 3 is 2.41 bits per heavy atom. The number of aryl methyl sites for hydroxylation is 1. The Kier molecular flexibility index (Phi) is 3.78. The first-order valence-electron chi connectivity index (χ1n) is 7.12. The van der Waals surface area contributed by atoms with Gasteiger partial charge in [0.15, 0.2) is 9.84 Å². The van der Waals surface area contributed by atoms with E-state index in [0.29, 0.717) is 5.56 Å². The molecule has 0 aromatic heterocycles. The molecule has 2 aromatic carbocycles. The zero-order valence-corrected chi connectivity index (χ0v) is 12.9. The van der Waals surface area contributed by atoms with Crippen molar-refractivity contribution in [3.63, 3.8) is 0 Å². The molecule has 0 spiro atoms. The van der Waals surface area contributed by atoms with Gasteiger partial charge in [-0.1, -0.05) is 29.8 Å². The molecule has 0 bridgehead atoms. The Labute approximate surface area is 129 Å². The zero-order valence-electron chi connectivity index (χ0n) is 12.1. The summed E-state index contributed by atoms with van der Waals surface area (Å²) in [6.45, 7) is 1.66. The number of aliphatic hydroxyl groups is 1. The van der Waals surface area contributed by atoms with E-state index in [1.165, 1.54) is 12.1 Å². The van der Waals surface area contributed by atoms with Gasteiger partial charge >= 0.3 is 0 Å². The highest BCUT2D eigenvalue weighted by Crippen LogP contribution is 2.53. The Morgan fingerprint density at radius 2 is 1.82 bits per heavy atom. The summed E-state index contributed by atoms with van der Waals surface area (Å²) in [6, 6.07) is 12.6. The molecule has 3 nitrogen and oxygen atoms in total. The van der Waals surface area contributed by atoms with Gasteiger partial charge in [-0.15, -0.1) is 0 Å². The fraction of sp³-hybridized carbons (Fsp3) is 0.294. The zero-order chi connectivity index (χ0) is 15.9. The molecular formula is C17H17FO3S. The molecule has 1 N–H and O–H groups in total. The molecule has 22 heavy (non-hydrogen) atoms. The molecule has 0 heterocycles. The van der Waals surface area contributed by atoms with Gasteiger partial charge in [-0.05, 0) is 36.8 Å². The Bertz CT molecular complexity index is 784. The smallest absolute Gasteiger partial charge is 0.182 e. The summed E-state index contributed by atoms with van der Waals surface area (Å²) < 4.78 is 38.8. The van der Waals surface area contributed by atoms with Crippen LogP contribution in [0.5, 0.6) is 0 Å². The minimum atomic E-state index is -3.54. The Morgan fingerprint density at radius 1 is 1.14 bits per heavy atom. The van der Waals surface area contributed by atoms with Crippen molar-refractivity contribution >= 4 is 9.84 Å². The average molecular weight is 320 g/mol. The van der Waals surface area contributed by atoms with Gasteiger partial charge in [0, 0.05) is 18.4 Å². The first kappa shape index (κ1) is 15.2. The molecule has 3 atom stereocenters. The summed E-state index contributed by atoms with van der Waals surface area (Å²) in [5.41, 5.74) is 1.61. The standard InChI is InChI=1S/C17H17FO3S/c1-11-5-7-14(8-6-11)22(20,21)17-15(10-19)16(17)12-3-2-4-13(18)9-12/h2-9,15-17,19H,10H2,1H3. The molecule has 2 aromatic rings. The molecule has 116 valence electrons. The number of benzene rings is 2. The molecule has 0 saturated heterocycles. The number of sulfone groups is 1. The second kappa shape index (κ2) is 5.48. The van der Waals surface area contributed by atoms with Gasteiger partial charge in [0.2, 0.25) is 0 Å². The van der Waals surface area contributed by atoms with E-state index in [4.69, 9.17) is 0 Å². The minimum absolute atomic E-state index is 0.225. The molecular weight excluding hydrogens is 303 g/mol. The van der Waals surface area contributed by atoms with Crippen LogP contribution in [0.15, 0.2) is 53.4 Å². The van der Waals surface area contributed by atoms with Crippen molar-refractivity contribution in [3.05, 3.63) is 65.5 Å². The molecule has 1 saturated carbocycles. The maximum absolute atomic E-state index is 13.4. The minimum Gasteiger partial charge on any atom is -0.396 e. The van der Waals surface area contributed by atoms with E-state index in [2.05, 4.69) is 0 Å². The molecule has 3 rings (SSSR count). The summed E-state index contributed by atoms with van der Waals surface area (Å²) >= 11 is 0. The second-order valence-electron chi connectivity index (χ2n) is 5.75. The van der Waals surface area contributed by atoms with Crippen molar-refractivity contribution in [2.45, 2.75) is 23.0 Å². The predicted molar refractivity (Wildman–Crippen MR) is 81.9 cm³/mol. The van der Waals surface area contributed by atoms with Crippen molar-refractivity contribution < 1.29 is 17.9 Å². The van der Waals surface area contributed by atoms with Crippen LogP contribution in [0, 0.1) is 18.7 Å². The summed E-state index contributed by atoms with van der Waals surface area (Å²) in [5.74, 6) is -1.13. The van der Waals surface area contributed by atoms with Gasteiger partial charge in [-0.2, -0.15) is 0 Å². The van der Waals surface area contributed by atoms with Crippen LogP contribution in [0.1, 0.15) is 17.0 Å². The first-order valence-corrected chi connectivity index (χ1v) is 8.66. The van der Waals surface area contributed by atoms with Crippen LogP contribution in [0.3, 0.4) is 0 Å². The molecule has 5 heteroatoms. The Balaban J connectivity index is 1.95. The van der Waals surface area contributed by atoms with Crippen LogP contribution in [-0.2, 0) is 9.84 Å². The van der Waals surface area contributed by atoms with E-state index in [1.807, 2.05) is 6.92 Å². The molecule has 0 amide bonds. The topological polar surface area (TPSA) is 54.4 Å². The quantitative estimate of drug-likeness (QED) is 0.942. The van der Waals surface area contributed by atoms with Crippen molar-refractivity contribution in [3.8, 4) is 0 Å². The lowest BCUT2D eigenvalue weighted by Gasteiger charge is -2.05. The molecule has 1 fully saturated rings. The van der Waals surface area contributed by atoms with E-state index in [1.54, 1.807) is 36.4 Å². The lowest BCUT2D eigenvalue weighted by atomic mass is 10.1. The maximum atomic E-state index is 13.4. The van der Waals surface area contributed by atoms with Gasteiger partial charge in [0.25, 0.3) is 0 Å². The van der Waals surface area contributed by atoms with Crippen LogP contribution >= 0.6 is 0 Å². The molecule has 3 unspecified atom stereocenters. The lowest BCUT2D eigenvalue weighted by Crippen LogP contribution is -2.11. The molecule has 0 aliphatic heterocycles. The van der Waals surface area contributed by atoms with Gasteiger partial charge in [-0.25, -0.2) is 12.8 Å². The van der Waals surface area contributed by atoms with Crippen molar-refractivity contribution in [2.75, 3.05) is 6.61 Å². The summed E-state index contributed by atoms with van der Waals surface area (Å²) in [7, 11) is -3.54. The monoisotopic (exact) mass is 320 g/mol. The summed E-state index contributed by atoms with van der Waals surface area (Å²) in [5, 5.41) is 8.78. The fourth-order valence-corrected chi connectivity index (χ4v) is 5.22. The average Bonchev–Trinajstić information content (AvgIpc) is 3.23. The number of hydrogen-bond acceptors (Lipinski definition) is 3. The van der Waals surface area contributed by atoms with Gasteiger partial charge in [0.1, 0.15) is 5.82 Å². The van der Waals surface area contributed by atoms with E-state index in [-0.39, 0.29) is 23.3 Å². The largest absolute Gasteiger partial charge is 0.396 e. The Hall–Kier alpha value is -1.72. The highest BCUT2D eigenvalue weighted by molar-refractivity contribution is 7.92. The number of aliphatic hydroxyl groups excluding tert-OH is 1. The normalized spacial score (nSPS) is 24.2. The van der Waals surface area contributed by atoms with Crippen LogP contribution in [0.25, 0.3) is 0 Å². The second-order valence-corrected chi connectivity index (χ2v) is 7.86. The van der Waals surface area contributed by atoms with E-state index in [0.717, 1.165) is 5.56 Å². The molecule has 1 aliphatic carbocycles. The highest BCUT2D eigenvalue weighted by Gasteiger charge is 2.58. The van der Waals surface area contributed by atoms with Crippen LogP contribution < -0.4 is 0 Å². The van der Waals surface area contributed by atoms with Crippen molar-refractivity contribution in [1.29, 1.82) is 0 Å². The van der Waals surface area contributed by atoms with Crippen LogP contribution in [-0.4, -0.2) is 25.4 Å². The van der Waals surface area contributed by atoms with Gasteiger partial charge in [-0.3, -0.25) is 0 Å². The van der Waals surface area contributed by atoms with E-state index < -0.39 is 20.9 Å². The van der Waals surface area contributed by atoms with Crippen LogP contribution in [0.2, 0.25) is 0 Å². The van der Waals surface area contributed by atoms with Gasteiger partial charge < -0.3 is 5.11 Å². The maximum Gasteiger partial charge on any atom is 0.182 e. The van der Waals surface area contributed by atoms with Crippen LogP contribution in [0.4, 0.5) is 4.39 Å². The third-order valence-corrected chi connectivity index (χ3v) is 6.54. The lowest BCUT2D eigenvalue weighted by molar-refractivity contribution is 0.274. The molecule has 1 aliphatic rings.